The fraction of sp³-hybridized carbons (Fsp3) is 0. The van der Waals surface area contributed by atoms with E-state index in [2.05, 4.69) is 16.1 Å². The van der Waals surface area contributed by atoms with Crippen LogP contribution in [0.25, 0.3) is 10.9 Å². The van der Waals surface area contributed by atoms with Gasteiger partial charge in [0.25, 0.3) is 5.56 Å². The number of rotatable bonds is 0. The van der Waals surface area contributed by atoms with E-state index in [9.17, 15) is 9.90 Å². The van der Waals surface area contributed by atoms with Gasteiger partial charge in [-0.05, 0) is 12.1 Å². The maximum Gasteiger partial charge on any atom is 0.264 e. The summed E-state index contributed by atoms with van der Waals surface area (Å²) in [4.78, 5) is 11.2. The summed E-state index contributed by atoms with van der Waals surface area (Å²) in [6.07, 6.45) is 0. The molecule has 3 nitrogen and oxygen atoms in total. The molecule has 0 unspecified atom stereocenters. The van der Waals surface area contributed by atoms with Crippen LogP contribution in [0.4, 0.5) is 0 Å². The Hall–Kier alpha value is -1.29. The minimum absolute atomic E-state index is 0.0105. The highest BCUT2D eigenvalue weighted by molar-refractivity contribution is 9.08. The molecule has 2 aromatic rings. The molecule has 0 amide bonds. The van der Waals surface area contributed by atoms with E-state index in [4.69, 9.17) is 0 Å². The number of fused-ring (bicyclic) bond motifs is 1. The monoisotopic (exact) mass is 239 g/mol. The van der Waals surface area contributed by atoms with Gasteiger partial charge in [-0.1, -0.05) is 12.1 Å². The van der Waals surface area contributed by atoms with Gasteiger partial charge in [0.2, 0.25) is 0 Å². The third-order valence-corrected chi connectivity index (χ3v) is 2.58. The Morgan fingerprint density at radius 1 is 1.31 bits per heavy atom. The van der Waals surface area contributed by atoms with Crippen molar-refractivity contribution in [1.29, 1.82) is 0 Å². The largest absolute Gasteiger partial charge is 0.507 e. The van der Waals surface area contributed by atoms with Gasteiger partial charge in [-0.25, -0.2) is 3.59 Å². The molecule has 4 heteroatoms. The molecule has 0 atom stereocenters. The van der Waals surface area contributed by atoms with Crippen LogP contribution in [-0.4, -0.2) is 8.70 Å². The zero-order valence-corrected chi connectivity index (χ0v) is 8.15. The van der Waals surface area contributed by atoms with Gasteiger partial charge in [-0.3, -0.25) is 4.79 Å². The van der Waals surface area contributed by atoms with Crippen molar-refractivity contribution in [3.05, 3.63) is 40.7 Å². The smallest absolute Gasteiger partial charge is 0.264 e. The quantitative estimate of drug-likeness (QED) is 0.763. The number of hydrogen-bond acceptors (Lipinski definition) is 2. The summed E-state index contributed by atoms with van der Waals surface area (Å²) in [6, 6.07) is 8.29. The topological polar surface area (TPSA) is 42.2 Å². The molecule has 1 aromatic heterocycles. The maximum absolute atomic E-state index is 11.2. The van der Waals surface area contributed by atoms with E-state index in [-0.39, 0.29) is 11.3 Å². The first-order chi connectivity index (χ1) is 6.20. The lowest BCUT2D eigenvalue weighted by atomic mass is 10.2. The van der Waals surface area contributed by atoms with Crippen LogP contribution >= 0.6 is 16.1 Å². The van der Waals surface area contributed by atoms with Crippen molar-refractivity contribution in [3.8, 4) is 5.75 Å². The number of pyridine rings is 1. The molecule has 0 bridgehead atoms. The Bertz CT molecular complexity index is 518. The summed E-state index contributed by atoms with van der Waals surface area (Å²) in [5.41, 5.74) is 0.378. The molecular formula is C9H6BrNO2. The third kappa shape index (κ3) is 1.23. The zero-order valence-electron chi connectivity index (χ0n) is 6.57. The average molecular weight is 240 g/mol. The van der Waals surface area contributed by atoms with E-state index < -0.39 is 0 Å². The Morgan fingerprint density at radius 3 is 2.77 bits per heavy atom. The van der Waals surface area contributed by atoms with Gasteiger partial charge in [-0.2, -0.15) is 0 Å². The molecule has 0 aliphatic heterocycles. The predicted octanol–water partition coefficient (Wildman–Crippen LogP) is 1.87. The van der Waals surface area contributed by atoms with Crippen LogP contribution < -0.4 is 5.56 Å². The van der Waals surface area contributed by atoms with Gasteiger partial charge in [0.1, 0.15) is 5.75 Å². The van der Waals surface area contributed by atoms with E-state index in [1.165, 1.54) is 9.66 Å². The lowest BCUT2D eigenvalue weighted by molar-refractivity contribution is 0.480. The first-order valence-corrected chi connectivity index (χ1v) is 4.41. The molecule has 0 aliphatic carbocycles. The highest BCUT2D eigenvalue weighted by Crippen LogP contribution is 2.22. The van der Waals surface area contributed by atoms with Gasteiger partial charge in [-0.15, -0.1) is 0 Å². The minimum Gasteiger partial charge on any atom is -0.507 e. The normalized spacial score (nSPS) is 10.5. The number of aromatic nitrogens is 1. The molecule has 0 spiro atoms. The molecule has 1 aromatic carbocycles. The van der Waals surface area contributed by atoms with E-state index in [1.54, 1.807) is 24.3 Å². The Balaban J connectivity index is 3.06. The van der Waals surface area contributed by atoms with Crippen molar-refractivity contribution in [2.45, 2.75) is 0 Å². The Morgan fingerprint density at radius 2 is 2.00 bits per heavy atom. The fourth-order valence-electron chi connectivity index (χ4n) is 1.23. The van der Waals surface area contributed by atoms with Crippen LogP contribution in [0.3, 0.4) is 0 Å². The first kappa shape index (κ1) is 8.31. The lowest BCUT2D eigenvalue weighted by Crippen LogP contribution is -2.10. The van der Waals surface area contributed by atoms with Crippen molar-refractivity contribution in [1.82, 2.24) is 3.59 Å². The number of para-hydroxylation sites is 1. The second-order valence-corrected chi connectivity index (χ2v) is 3.38. The van der Waals surface area contributed by atoms with Gasteiger partial charge >= 0.3 is 0 Å². The Kier molecular flexibility index (Phi) is 1.84. The molecule has 2 rings (SSSR count). The van der Waals surface area contributed by atoms with E-state index in [0.29, 0.717) is 10.9 Å². The van der Waals surface area contributed by atoms with Crippen LogP contribution in [0, 0.1) is 0 Å². The van der Waals surface area contributed by atoms with Gasteiger partial charge in [0, 0.05) is 11.5 Å². The zero-order chi connectivity index (χ0) is 9.42. The standard InChI is InChI=1S/C9H6BrNO2/c10-11-7-4-2-1-3-6(7)8(12)5-9(11)13/h1-5,12H. The average Bonchev–Trinajstić information content (AvgIpc) is 2.15. The number of aromatic hydroxyl groups is 1. The van der Waals surface area contributed by atoms with Crippen molar-refractivity contribution < 1.29 is 5.11 Å². The van der Waals surface area contributed by atoms with Gasteiger partial charge in [0.15, 0.2) is 0 Å². The van der Waals surface area contributed by atoms with Gasteiger partial charge < -0.3 is 5.11 Å². The number of benzene rings is 1. The number of hydrogen-bond donors (Lipinski definition) is 1. The molecule has 1 N–H and O–H groups in total. The summed E-state index contributed by atoms with van der Waals surface area (Å²) >= 11 is 3.11. The summed E-state index contributed by atoms with van der Waals surface area (Å²) < 4.78 is 1.32. The van der Waals surface area contributed by atoms with Crippen molar-refractivity contribution >= 4 is 27.1 Å². The predicted molar refractivity (Wildman–Crippen MR) is 54.2 cm³/mol. The van der Waals surface area contributed by atoms with Crippen molar-refractivity contribution in [2.75, 3.05) is 0 Å². The highest BCUT2D eigenvalue weighted by Gasteiger charge is 2.04. The van der Waals surface area contributed by atoms with Crippen molar-refractivity contribution in [3.63, 3.8) is 0 Å². The molecule has 0 saturated heterocycles. The van der Waals surface area contributed by atoms with Crippen LogP contribution in [0.15, 0.2) is 35.1 Å². The van der Waals surface area contributed by atoms with Crippen LogP contribution in [-0.2, 0) is 0 Å². The molecule has 0 radical (unpaired) electrons. The third-order valence-electron chi connectivity index (χ3n) is 1.85. The number of halogens is 1. The summed E-state index contributed by atoms with van der Waals surface area (Å²) in [7, 11) is 0. The van der Waals surface area contributed by atoms with Gasteiger partial charge in [0.05, 0.1) is 21.7 Å². The molecule has 0 aliphatic rings. The van der Waals surface area contributed by atoms with Crippen molar-refractivity contribution in [2.24, 2.45) is 0 Å². The van der Waals surface area contributed by atoms with E-state index in [0.717, 1.165) is 0 Å². The maximum atomic E-state index is 11.2. The minimum atomic E-state index is -0.281. The summed E-state index contributed by atoms with van der Waals surface area (Å²) in [6.45, 7) is 0. The van der Waals surface area contributed by atoms with Crippen LogP contribution in [0.1, 0.15) is 0 Å². The molecule has 66 valence electrons. The molecule has 1 heterocycles. The second kappa shape index (κ2) is 2.88. The SMILES string of the molecule is O=c1cc(O)c2ccccc2n1Br. The van der Waals surface area contributed by atoms with Crippen LogP contribution in [0.2, 0.25) is 0 Å². The summed E-state index contributed by atoms with van der Waals surface area (Å²) in [5, 5.41) is 10.1. The molecule has 0 fully saturated rings. The first-order valence-electron chi connectivity index (χ1n) is 3.70. The van der Waals surface area contributed by atoms with E-state index >= 15 is 0 Å². The summed E-state index contributed by atoms with van der Waals surface area (Å²) in [5.74, 6) is 0.0105. The van der Waals surface area contributed by atoms with E-state index in [1.807, 2.05) is 0 Å². The lowest BCUT2D eigenvalue weighted by Gasteiger charge is -2.02. The molecule has 13 heavy (non-hydrogen) atoms. The highest BCUT2D eigenvalue weighted by atomic mass is 79.9. The fourth-order valence-corrected chi connectivity index (χ4v) is 1.64. The molecule has 0 saturated carbocycles. The molecular weight excluding hydrogens is 234 g/mol. The number of nitrogens with zero attached hydrogens (tertiary/aromatic N) is 1. The Labute approximate surface area is 82.6 Å². The second-order valence-electron chi connectivity index (χ2n) is 2.67. The van der Waals surface area contributed by atoms with Crippen LogP contribution in [0.5, 0.6) is 5.75 Å².